The number of aliphatic hydroxyl groups excluding tert-OH is 1. The first-order valence-corrected chi connectivity index (χ1v) is 6.31. The summed E-state index contributed by atoms with van der Waals surface area (Å²) in [5.74, 6) is 1.62. The maximum atomic E-state index is 8.75. The van der Waals surface area contributed by atoms with Crippen LogP contribution in [0, 0.1) is 11.8 Å². The van der Waals surface area contributed by atoms with Crippen LogP contribution in [0.4, 0.5) is 0 Å². The first-order valence-electron chi connectivity index (χ1n) is 6.31. The second-order valence-electron chi connectivity index (χ2n) is 4.80. The summed E-state index contributed by atoms with van der Waals surface area (Å²) in [6, 6.07) is 0. The molecule has 0 aromatic carbocycles. The Morgan fingerprint density at radius 2 is 1.36 bits per heavy atom. The minimum Gasteiger partial charge on any atom is -0.396 e. The SMILES string of the molecule is CCCC(C)CCCCC(C)CCO. The number of aliphatic hydroxyl groups is 1. The van der Waals surface area contributed by atoms with Gasteiger partial charge < -0.3 is 5.11 Å². The molecule has 14 heavy (non-hydrogen) atoms. The highest BCUT2D eigenvalue weighted by Crippen LogP contribution is 2.17. The van der Waals surface area contributed by atoms with Crippen LogP contribution < -0.4 is 0 Å². The Morgan fingerprint density at radius 1 is 0.857 bits per heavy atom. The van der Waals surface area contributed by atoms with Crippen LogP contribution >= 0.6 is 0 Å². The summed E-state index contributed by atoms with van der Waals surface area (Å²) < 4.78 is 0. The van der Waals surface area contributed by atoms with Gasteiger partial charge in [-0.15, -0.1) is 0 Å². The minimum atomic E-state index is 0.355. The van der Waals surface area contributed by atoms with Crippen LogP contribution in [0.5, 0.6) is 0 Å². The molecule has 0 aliphatic heterocycles. The van der Waals surface area contributed by atoms with Gasteiger partial charge in [-0.1, -0.05) is 59.3 Å². The fraction of sp³-hybridized carbons (Fsp3) is 1.00. The van der Waals surface area contributed by atoms with Gasteiger partial charge in [-0.25, -0.2) is 0 Å². The summed E-state index contributed by atoms with van der Waals surface area (Å²) >= 11 is 0. The third-order valence-electron chi connectivity index (χ3n) is 3.05. The van der Waals surface area contributed by atoms with Gasteiger partial charge in [0.2, 0.25) is 0 Å². The van der Waals surface area contributed by atoms with E-state index in [0.717, 1.165) is 12.3 Å². The van der Waals surface area contributed by atoms with Gasteiger partial charge in [-0.05, 0) is 18.3 Å². The Labute approximate surface area is 89.9 Å². The quantitative estimate of drug-likeness (QED) is 0.558. The fourth-order valence-electron chi connectivity index (χ4n) is 1.99. The summed E-state index contributed by atoms with van der Waals surface area (Å²) in [7, 11) is 0. The van der Waals surface area contributed by atoms with E-state index >= 15 is 0 Å². The van der Waals surface area contributed by atoms with Crippen LogP contribution in [0.1, 0.15) is 65.7 Å². The molecule has 1 nitrogen and oxygen atoms in total. The number of hydrogen-bond donors (Lipinski definition) is 1. The summed E-state index contributed by atoms with van der Waals surface area (Å²) in [4.78, 5) is 0. The zero-order valence-electron chi connectivity index (χ0n) is 10.3. The minimum absolute atomic E-state index is 0.355. The van der Waals surface area contributed by atoms with Crippen LogP contribution in [0.3, 0.4) is 0 Å². The highest BCUT2D eigenvalue weighted by Gasteiger charge is 2.03. The van der Waals surface area contributed by atoms with E-state index in [1.807, 2.05) is 0 Å². The maximum Gasteiger partial charge on any atom is 0.0433 e. The van der Waals surface area contributed by atoms with E-state index < -0.39 is 0 Å². The second-order valence-corrected chi connectivity index (χ2v) is 4.80. The van der Waals surface area contributed by atoms with E-state index in [0.29, 0.717) is 12.5 Å². The number of hydrogen-bond acceptors (Lipinski definition) is 1. The lowest BCUT2D eigenvalue weighted by Crippen LogP contribution is -1.99. The molecule has 1 N–H and O–H groups in total. The first-order chi connectivity index (χ1) is 6.70. The van der Waals surface area contributed by atoms with Gasteiger partial charge in [0.25, 0.3) is 0 Å². The number of unbranched alkanes of at least 4 members (excludes halogenated alkanes) is 1. The molecule has 0 radical (unpaired) electrons. The van der Waals surface area contributed by atoms with Gasteiger partial charge in [-0.2, -0.15) is 0 Å². The van der Waals surface area contributed by atoms with Crippen molar-refractivity contribution in [1.82, 2.24) is 0 Å². The lowest BCUT2D eigenvalue weighted by atomic mass is 9.95. The summed E-state index contributed by atoms with van der Waals surface area (Å²) in [5, 5.41) is 8.75. The smallest absolute Gasteiger partial charge is 0.0433 e. The highest BCUT2D eigenvalue weighted by molar-refractivity contribution is 4.56. The molecule has 0 heterocycles. The molecule has 0 aromatic rings. The third kappa shape index (κ3) is 8.55. The van der Waals surface area contributed by atoms with E-state index in [9.17, 15) is 0 Å². The topological polar surface area (TPSA) is 20.2 Å². The molecule has 1 heteroatoms. The van der Waals surface area contributed by atoms with Crippen molar-refractivity contribution < 1.29 is 5.11 Å². The third-order valence-corrected chi connectivity index (χ3v) is 3.05. The van der Waals surface area contributed by atoms with Gasteiger partial charge in [-0.3, -0.25) is 0 Å². The molecule has 0 saturated carbocycles. The predicted molar refractivity (Wildman–Crippen MR) is 63.4 cm³/mol. The van der Waals surface area contributed by atoms with Crippen molar-refractivity contribution in [1.29, 1.82) is 0 Å². The van der Waals surface area contributed by atoms with E-state index in [4.69, 9.17) is 5.11 Å². The molecule has 0 saturated heterocycles. The molecule has 0 spiro atoms. The second kappa shape index (κ2) is 9.51. The predicted octanol–water partition coefficient (Wildman–Crippen LogP) is 4.00. The molecule has 0 aromatic heterocycles. The van der Waals surface area contributed by atoms with Crippen molar-refractivity contribution >= 4 is 0 Å². The zero-order chi connectivity index (χ0) is 10.8. The van der Waals surface area contributed by atoms with E-state index in [1.165, 1.54) is 38.5 Å². The van der Waals surface area contributed by atoms with Crippen molar-refractivity contribution in [2.45, 2.75) is 65.7 Å². The van der Waals surface area contributed by atoms with Crippen LogP contribution in [-0.2, 0) is 0 Å². The Balaban J connectivity index is 3.19. The molecule has 0 amide bonds. The average Bonchev–Trinajstić information content (AvgIpc) is 2.13. The Bertz CT molecular complexity index is 97.8. The van der Waals surface area contributed by atoms with Crippen molar-refractivity contribution in [3.63, 3.8) is 0 Å². The van der Waals surface area contributed by atoms with E-state index in [2.05, 4.69) is 20.8 Å². The van der Waals surface area contributed by atoms with Crippen LogP contribution in [-0.4, -0.2) is 11.7 Å². The van der Waals surface area contributed by atoms with Gasteiger partial charge in [0.1, 0.15) is 0 Å². The molecule has 0 aliphatic rings. The molecular weight excluding hydrogens is 172 g/mol. The monoisotopic (exact) mass is 200 g/mol. The van der Waals surface area contributed by atoms with Gasteiger partial charge in [0, 0.05) is 6.61 Å². The van der Waals surface area contributed by atoms with Crippen LogP contribution in [0.2, 0.25) is 0 Å². The normalized spacial score (nSPS) is 15.4. The maximum absolute atomic E-state index is 8.75. The Kier molecular flexibility index (Phi) is 9.49. The summed E-state index contributed by atoms with van der Waals surface area (Å²) in [6.07, 6.45) is 9.07. The van der Waals surface area contributed by atoms with Crippen LogP contribution in [0.25, 0.3) is 0 Å². The lowest BCUT2D eigenvalue weighted by molar-refractivity contribution is 0.256. The fourth-order valence-corrected chi connectivity index (χ4v) is 1.99. The molecule has 2 unspecified atom stereocenters. The molecule has 0 aliphatic carbocycles. The molecule has 2 atom stereocenters. The van der Waals surface area contributed by atoms with Gasteiger partial charge in [0.15, 0.2) is 0 Å². The zero-order valence-corrected chi connectivity index (χ0v) is 10.3. The Hall–Kier alpha value is -0.0400. The van der Waals surface area contributed by atoms with E-state index in [-0.39, 0.29) is 0 Å². The highest BCUT2D eigenvalue weighted by atomic mass is 16.3. The van der Waals surface area contributed by atoms with Crippen molar-refractivity contribution in [2.75, 3.05) is 6.61 Å². The van der Waals surface area contributed by atoms with Gasteiger partial charge in [0.05, 0.1) is 0 Å². The lowest BCUT2D eigenvalue weighted by Gasteiger charge is -2.11. The summed E-state index contributed by atoms with van der Waals surface area (Å²) in [5.41, 5.74) is 0. The molecule has 0 fully saturated rings. The Morgan fingerprint density at radius 3 is 1.79 bits per heavy atom. The van der Waals surface area contributed by atoms with Gasteiger partial charge >= 0.3 is 0 Å². The molecule has 86 valence electrons. The number of rotatable bonds is 9. The molecular formula is C13H28O. The van der Waals surface area contributed by atoms with Crippen molar-refractivity contribution in [3.05, 3.63) is 0 Å². The van der Waals surface area contributed by atoms with Crippen molar-refractivity contribution in [2.24, 2.45) is 11.8 Å². The largest absolute Gasteiger partial charge is 0.396 e. The standard InChI is InChI=1S/C13H28O/c1-4-7-12(2)8-5-6-9-13(3)10-11-14/h12-14H,4-11H2,1-3H3. The summed E-state index contributed by atoms with van der Waals surface area (Å²) in [6.45, 7) is 7.22. The average molecular weight is 200 g/mol. The van der Waals surface area contributed by atoms with Crippen LogP contribution in [0.15, 0.2) is 0 Å². The van der Waals surface area contributed by atoms with E-state index in [1.54, 1.807) is 0 Å². The first kappa shape index (κ1) is 14.0. The van der Waals surface area contributed by atoms with Crippen molar-refractivity contribution in [3.8, 4) is 0 Å². The molecule has 0 bridgehead atoms. The molecule has 0 rings (SSSR count).